The van der Waals surface area contributed by atoms with Crippen molar-refractivity contribution in [3.63, 3.8) is 0 Å². The summed E-state index contributed by atoms with van der Waals surface area (Å²) in [5, 5.41) is 17.6. The van der Waals surface area contributed by atoms with Crippen molar-refractivity contribution < 1.29 is 9.31 Å². The molecule has 2 N–H and O–H groups in total. The van der Waals surface area contributed by atoms with Gasteiger partial charge in [0.05, 0.1) is 4.92 Å². The Morgan fingerprint density at radius 1 is 1.29 bits per heavy atom. The molecule has 0 amide bonds. The maximum Gasteiger partial charge on any atom is 0.329 e. The molecule has 9 heteroatoms. The number of hydrogen-bond donors (Lipinski definition) is 2. The van der Waals surface area contributed by atoms with Crippen LogP contribution in [0.1, 0.15) is 33.6 Å². The van der Waals surface area contributed by atoms with Crippen molar-refractivity contribution in [3.05, 3.63) is 46.4 Å². The zero-order valence-corrected chi connectivity index (χ0v) is 16.3. The van der Waals surface area contributed by atoms with Gasteiger partial charge in [-0.2, -0.15) is 4.98 Å². The summed E-state index contributed by atoms with van der Waals surface area (Å²) in [7, 11) is 0. The third-order valence-corrected chi connectivity index (χ3v) is 4.78. The summed E-state index contributed by atoms with van der Waals surface area (Å²) in [6, 6.07) is 5.79. The van der Waals surface area contributed by atoms with E-state index >= 15 is 0 Å². The second-order valence-electron chi connectivity index (χ2n) is 7.92. The van der Waals surface area contributed by atoms with Crippen molar-refractivity contribution in [2.24, 2.45) is 0 Å². The van der Waals surface area contributed by atoms with Gasteiger partial charge in [0.1, 0.15) is 12.0 Å². The SMILES string of the molecule is CC(C)(C)N1CCC[C@@H](Nc2nc(Nc3ccc(F)cc3)ncc2[N+](=O)[O-])C1. The van der Waals surface area contributed by atoms with Crippen LogP contribution in [0.5, 0.6) is 0 Å². The third-order valence-electron chi connectivity index (χ3n) is 4.78. The Kier molecular flexibility index (Phi) is 5.73. The molecule has 1 fully saturated rings. The molecule has 0 spiro atoms. The summed E-state index contributed by atoms with van der Waals surface area (Å²) in [6.07, 6.45) is 3.11. The van der Waals surface area contributed by atoms with Crippen molar-refractivity contribution in [3.8, 4) is 0 Å². The van der Waals surface area contributed by atoms with Crippen LogP contribution in [0.15, 0.2) is 30.5 Å². The first-order valence-electron chi connectivity index (χ1n) is 9.28. The fourth-order valence-electron chi connectivity index (χ4n) is 3.24. The molecule has 8 nitrogen and oxygen atoms in total. The number of benzene rings is 1. The minimum atomic E-state index is -0.492. The van der Waals surface area contributed by atoms with E-state index in [4.69, 9.17) is 0 Å². The Hall–Kier alpha value is -2.81. The first-order valence-corrected chi connectivity index (χ1v) is 9.28. The summed E-state index contributed by atoms with van der Waals surface area (Å²) in [5.74, 6) is 0.0480. The van der Waals surface area contributed by atoms with Gasteiger partial charge in [-0.25, -0.2) is 9.37 Å². The number of halogens is 1. The van der Waals surface area contributed by atoms with Gasteiger partial charge in [-0.05, 0) is 64.4 Å². The highest BCUT2D eigenvalue weighted by molar-refractivity contribution is 5.61. The first kappa shape index (κ1) is 19.9. The average molecular weight is 388 g/mol. The van der Waals surface area contributed by atoms with Crippen LogP contribution in [0.4, 0.5) is 27.5 Å². The van der Waals surface area contributed by atoms with Gasteiger partial charge < -0.3 is 10.6 Å². The van der Waals surface area contributed by atoms with E-state index in [9.17, 15) is 14.5 Å². The van der Waals surface area contributed by atoms with Gasteiger partial charge in [-0.3, -0.25) is 15.0 Å². The zero-order chi connectivity index (χ0) is 20.3. The second kappa shape index (κ2) is 8.05. The van der Waals surface area contributed by atoms with E-state index in [-0.39, 0.29) is 34.9 Å². The van der Waals surface area contributed by atoms with E-state index < -0.39 is 4.92 Å². The van der Waals surface area contributed by atoms with E-state index in [0.29, 0.717) is 5.69 Å². The topological polar surface area (TPSA) is 96.2 Å². The van der Waals surface area contributed by atoms with Gasteiger partial charge in [0, 0.05) is 23.8 Å². The Balaban J connectivity index is 1.80. The van der Waals surface area contributed by atoms with Crippen LogP contribution in [-0.2, 0) is 0 Å². The Bertz CT molecular complexity index is 837. The van der Waals surface area contributed by atoms with E-state index in [1.807, 2.05) is 0 Å². The molecule has 1 atom stereocenters. The Labute approximate surface area is 163 Å². The van der Waals surface area contributed by atoms with Gasteiger partial charge in [-0.15, -0.1) is 0 Å². The molecule has 0 radical (unpaired) electrons. The molecule has 1 aromatic heterocycles. The minimum Gasteiger partial charge on any atom is -0.360 e. The second-order valence-corrected chi connectivity index (χ2v) is 7.92. The summed E-state index contributed by atoms with van der Waals surface area (Å²) >= 11 is 0. The maximum atomic E-state index is 13.1. The number of piperidine rings is 1. The molecular weight excluding hydrogens is 363 g/mol. The quantitative estimate of drug-likeness (QED) is 0.591. The molecule has 0 aliphatic carbocycles. The van der Waals surface area contributed by atoms with Gasteiger partial charge in [0.2, 0.25) is 11.8 Å². The van der Waals surface area contributed by atoms with Gasteiger partial charge in [0.15, 0.2) is 0 Å². The van der Waals surface area contributed by atoms with Crippen LogP contribution in [0.25, 0.3) is 0 Å². The lowest BCUT2D eigenvalue weighted by molar-refractivity contribution is -0.384. The fraction of sp³-hybridized carbons (Fsp3) is 0.474. The largest absolute Gasteiger partial charge is 0.360 e. The number of aromatic nitrogens is 2. The predicted molar refractivity (Wildman–Crippen MR) is 106 cm³/mol. The van der Waals surface area contributed by atoms with E-state index in [2.05, 4.69) is 46.3 Å². The number of anilines is 3. The van der Waals surface area contributed by atoms with Crippen molar-refractivity contribution in [2.75, 3.05) is 23.7 Å². The molecule has 2 aromatic rings. The number of nitro groups is 1. The maximum absolute atomic E-state index is 13.1. The minimum absolute atomic E-state index is 0.0350. The third kappa shape index (κ3) is 4.92. The predicted octanol–water partition coefficient (Wildman–Crippen LogP) is 3.94. The summed E-state index contributed by atoms with van der Waals surface area (Å²) in [5.41, 5.74) is 0.461. The Morgan fingerprint density at radius 3 is 2.64 bits per heavy atom. The van der Waals surface area contributed by atoms with Crippen LogP contribution in [0, 0.1) is 15.9 Å². The molecule has 0 unspecified atom stereocenters. The highest BCUT2D eigenvalue weighted by Gasteiger charge is 2.29. The highest BCUT2D eigenvalue weighted by Crippen LogP contribution is 2.27. The van der Waals surface area contributed by atoms with E-state index in [1.165, 1.54) is 18.3 Å². The van der Waals surface area contributed by atoms with Crippen LogP contribution in [0.2, 0.25) is 0 Å². The van der Waals surface area contributed by atoms with Crippen LogP contribution in [-0.4, -0.2) is 44.5 Å². The normalized spacial score (nSPS) is 17.9. The number of nitrogens with one attached hydrogen (secondary N) is 2. The highest BCUT2D eigenvalue weighted by atomic mass is 19.1. The van der Waals surface area contributed by atoms with Crippen molar-refractivity contribution in [2.45, 2.75) is 45.2 Å². The molecule has 0 saturated carbocycles. The van der Waals surface area contributed by atoms with Crippen molar-refractivity contribution in [1.82, 2.24) is 14.9 Å². The van der Waals surface area contributed by atoms with Crippen LogP contribution < -0.4 is 10.6 Å². The molecule has 150 valence electrons. The molecule has 1 aromatic carbocycles. The lowest BCUT2D eigenvalue weighted by Crippen LogP contribution is -2.50. The Morgan fingerprint density at radius 2 is 2.00 bits per heavy atom. The fourth-order valence-corrected chi connectivity index (χ4v) is 3.24. The van der Waals surface area contributed by atoms with E-state index in [1.54, 1.807) is 12.1 Å². The molecule has 1 saturated heterocycles. The summed E-state index contributed by atoms with van der Waals surface area (Å²) < 4.78 is 13.1. The lowest BCUT2D eigenvalue weighted by Gasteiger charge is -2.41. The monoisotopic (exact) mass is 388 g/mol. The molecular formula is C19H25FN6O2. The number of rotatable bonds is 5. The average Bonchev–Trinajstić information content (AvgIpc) is 2.63. The molecule has 1 aliphatic rings. The van der Waals surface area contributed by atoms with Gasteiger partial charge in [-0.1, -0.05) is 0 Å². The molecule has 2 heterocycles. The van der Waals surface area contributed by atoms with Gasteiger partial charge >= 0.3 is 5.69 Å². The number of nitrogens with zero attached hydrogens (tertiary/aromatic N) is 4. The smallest absolute Gasteiger partial charge is 0.329 e. The summed E-state index contributed by atoms with van der Waals surface area (Å²) in [4.78, 5) is 21.6. The molecule has 28 heavy (non-hydrogen) atoms. The molecule has 3 rings (SSSR count). The standard InChI is InChI=1S/C19H25FN6O2/c1-19(2,3)25-10-4-5-15(12-25)22-17-16(26(27)28)11-21-18(24-17)23-14-8-6-13(20)7-9-14/h6-9,11,15H,4-5,10,12H2,1-3H3,(H2,21,22,23,24)/t15-/m1/s1. The van der Waals surface area contributed by atoms with E-state index in [0.717, 1.165) is 25.9 Å². The first-order chi connectivity index (χ1) is 13.2. The molecule has 1 aliphatic heterocycles. The van der Waals surface area contributed by atoms with Gasteiger partial charge in [0.25, 0.3) is 0 Å². The number of hydrogen-bond acceptors (Lipinski definition) is 7. The number of likely N-dealkylation sites (tertiary alicyclic amines) is 1. The molecule has 0 bridgehead atoms. The lowest BCUT2D eigenvalue weighted by atomic mass is 9.98. The van der Waals surface area contributed by atoms with Crippen molar-refractivity contribution >= 4 is 23.1 Å². The van der Waals surface area contributed by atoms with Crippen LogP contribution in [0.3, 0.4) is 0 Å². The van der Waals surface area contributed by atoms with Crippen molar-refractivity contribution in [1.29, 1.82) is 0 Å². The van der Waals surface area contributed by atoms with Crippen LogP contribution >= 0.6 is 0 Å². The zero-order valence-electron chi connectivity index (χ0n) is 16.3. The summed E-state index contributed by atoms with van der Waals surface area (Å²) in [6.45, 7) is 8.27.